The highest BCUT2D eigenvalue weighted by molar-refractivity contribution is 8.77. The van der Waals surface area contributed by atoms with Gasteiger partial charge < -0.3 is 53.0 Å². The summed E-state index contributed by atoms with van der Waals surface area (Å²) in [6, 6.07) is -0.820. The van der Waals surface area contributed by atoms with Crippen molar-refractivity contribution in [2.75, 3.05) is 32.5 Å². The third kappa shape index (κ3) is 34.6. The van der Waals surface area contributed by atoms with Crippen LogP contribution >= 0.6 is 21.6 Å². The first-order valence-corrected chi connectivity index (χ1v) is 16.0. The quantitative estimate of drug-likeness (QED) is 0.0245. The fourth-order valence-electron chi connectivity index (χ4n) is 2.67. The van der Waals surface area contributed by atoms with Crippen molar-refractivity contribution in [3.05, 3.63) is 0 Å². The molecule has 260 valence electrons. The molecule has 13 N–H and O–H groups in total. The average Bonchev–Trinajstić information content (AvgIpc) is 3.46. The Morgan fingerprint density at radius 3 is 2.00 bits per heavy atom. The van der Waals surface area contributed by atoms with Gasteiger partial charge in [-0.3, -0.25) is 34.4 Å². The number of likely N-dealkylation sites (N-methyl/N-ethyl adjacent to an activating group) is 1. The lowest BCUT2D eigenvalue weighted by Gasteiger charge is -2.14. The number of nitrogens with two attached hydrogens (primary N) is 4. The van der Waals surface area contributed by atoms with Crippen LogP contribution < -0.4 is 22.9 Å². The topological polar surface area (TPSA) is 336 Å². The highest BCUT2D eigenvalue weighted by atomic mass is 33.1. The van der Waals surface area contributed by atoms with E-state index in [9.17, 15) is 28.8 Å². The maximum atomic E-state index is 10.7. The van der Waals surface area contributed by atoms with E-state index in [1.807, 2.05) is 21.6 Å². The molecule has 0 bridgehead atoms. The second kappa shape index (κ2) is 29.0. The number of aliphatic carboxylic acids is 4. The van der Waals surface area contributed by atoms with Crippen molar-refractivity contribution in [1.82, 2.24) is 4.90 Å². The standard InChI is InChI=1S/C8H14O2S2.C6H14N4O2.C6H13N3O2.C5H6O5/c9-8(10)4-2-1-3-7-5-6-11-12-7;7-4(5(11)12)2-1-3-10-6(8)9;1-3-11-5(10)4-9(2)6(7)8;6-3(5(9)10)1-2-4(7)8/h7H,1-6H2,(H,9,10);4H,1-3,7H2,(H,11,12)(H4,8,9,10);3-4H2,1-2H3,(H3,7,8);1-2H2,(H,7,8)(H,9,10)/t;4-;;/m.0../s1. The van der Waals surface area contributed by atoms with Crippen LogP contribution in [0.15, 0.2) is 4.99 Å². The van der Waals surface area contributed by atoms with Crippen LogP contribution in [0.2, 0.25) is 0 Å². The number of carbonyl (C=O) groups excluding carboxylic acids is 2. The summed E-state index contributed by atoms with van der Waals surface area (Å²) in [5, 5.41) is 40.4. The molecule has 1 unspecified atom stereocenters. The number of aliphatic imine (C=N–C) groups is 1. The first kappa shape index (κ1) is 45.6. The number of carboxylic acid groups (broad SMARTS) is 4. The molecular formula is C25H47N7O11S2. The summed E-state index contributed by atoms with van der Waals surface area (Å²) in [4.78, 5) is 65.9. The van der Waals surface area contributed by atoms with Gasteiger partial charge in [0, 0.05) is 37.4 Å². The molecule has 20 heteroatoms. The van der Waals surface area contributed by atoms with Gasteiger partial charge in [0.15, 0.2) is 11.9 Å². The molecule has 1 heterocycles. The molecule has 0 saturated carbocycles. The lowest BCUT2D eigenvalue weighted by molar-refractivity contribution is -0.150. The number of carboxylic acids is 4. The molecule has 45 heavy (non-hydrogen) atoms. The Morgan fingerprint density at radius 2 is 1.58 bits per heavy atom. The summed E-state index contributed by atoms with van der Waals surface area (Å²) in [5.74, 6) is -4.71. The van der Waals surface area contributed by atoms with E-state index in [-0.39, 0.29) is 24.4 Å². The van der Waals surface area contributed by atoms with E-state index in [1.54, 1.807) is 14.0 Å². The van der Waals surface area contributed by atoms with E-state index in [0.717, 1.165) is 18.1 Å². The Labute approximate surface area is 269 Å². The number of hydrogen-bond acceptors (Lipinski definition) is 12. The fourth-order valence-corrected chi connectivity index (χ4v) is 5.70. The van der Waals surface area contributed by atoms with Gasteiger partial charge >= 0.3 is 29.8 Å². The molecule has 1 aliphatic heterocycles. The van der Waals surface area contributed by atoms with Gasteiger partial charge in [0.1, 0.15) is 12.6 Å². The zero-order valence-electron chi connectivity index (χ0n) is 25.5. The highest BCUT2D eigenvalue weighted by Gasteiger charge is 2.16. The number of ether oxygens (including phenoxy) is 1. The third-order valence-corrected chi connectivity index (χ3v) is 8.07. The molecule has 1 fully saturated rings. The van der Waals surface area contributed by atoms with Gasteiger partial charge in [0.2, 0.25) is 5.78 Å². The van der Waals surface area contributed by atoms with Crippen molar-refractivity contribution in [2.24, 2.45) is 27.9 Å². The molecule has 18 nitrogen and oxygen atoms in total. The lowest BCUT2D eigenvalue weighted by atomic mass is 10.1. The van der Waals surface area contributed by atoms with Gasteiger partial charge in [-0.1, -0.05) is 28.0 Å². The van der Waals surface area contributed by atoms with Crippen molar-refractivity contribution in [1.29, 1.82) is 5.41 Å². The van der Waals surface area contributed by atoms with Crippen molar-refractivity contribution >= 4 is 69.1 Å². The number of rotatable bonds is 17. The van der Waals surface area contributed by atoms with Gasteiger partial charge in [0.25, 0.3) is 0 Å². The minimum absolute atomic E-state index is 0.0129. The minimum Gasteiger partial charge on any atom is -0.481 e. The van der Waals surface area contributed by atoms with Gasteiger partial charge in [-0.2, -0.15) is 0 Å². The number of Topliss-reactive ketones (excluding diaryl/α,β-unsaturated/α-hetero) is 1. The predicted molar refractivity (Wildman–Crippen MR) is 171 cm³/mol. The van der Waals surface area contributed by atoms with Crippen LogP contribution in [0.25, 0.3) is 0 Å². The number of hydrogen-bond donors (Lipinski definition) is 9. The molecule has 2 atom stereocenters. The second-order valence-corrected chi connectivity index (χ2v) is 11.8. The van der Waals surface area contributed by atoms with Crippen molar-refractivity contribution in [3.8, 4) is 0 Å². The Morgan fingerprint density at radius 1 is 0.978 bits per heavy atom. The number of carbonyl (C=O) groups is 6. The minimum atomic E-state index is -1.58. The molecule has 1 rings (SSSR count). The first-order valence-electron chi connectivity index (χ1n) is 13.7. The molecule has 0 aromatic rings. The molecule has 1 aliphatic rings. The maximum absolute atomic E-state index is 10.7. The van der Waals surface area contributed by atoms with Gasteiger partial charge in [-0.25, -0.2) is 4.79 Å². The Hall–Kier alpha value is -3.78. The zero-order chi connectivity index (χ0) is 35.4. The maximum Gasteiger partial charge on any atom is 0.372 e. The summed E-state index contributed by atoms with van der Waals surface area (Å²) in [6.45, 7) is 2.53. The fraction of sp³-hybridized carbons (Fsp3) is 0.680. The van der Waals surface area contributed by atoms with E-state index in [2.05, 4.69) is 9.73 Å². The number of guanidine groups is 2. The summed E-state index contributed by atoms with van der Waals surface area (Å²) in [7, 11) is 5.47. The normalized spacial score (nSPS) is 13.4. The molecule has 1 saturated heterocycles. The lowest BCUT2D eigenvalue weighted by Crippen LogP contribution is -2.37. The van der Waals surface area contributed by atoms with E-state index < -0.39 is 48.5 Å². The van der Waals surface area contributed by atoms with Crippen LogP contribution in [0.3, 0.4) is 0 Å². The third-order valence-electron chi connectivity index (χ3n) is 5.07. The summed E-state index contributed by atoms with van der Waals surface area (Å²) in [6.07, 6.45) is 4.85. The Kier molecular flexibility index (Phi) is 29.4. The molecule has 0 aromatic carbocycles. The summed E-state index contributed by atoms with van der Waals surface area (Å²) < 4.78 is 4.63. The molecule has 0 aromatic heterocycles. The van der Waals surface area contributed by atoms with Gasteiger partial charge in [-0.05, 0) is 39.0 Å². The molecule has 0 amide bonds. The molecule has 0 spiro atoms. The van der Waals surface area contributed by atoms with Crippen LogP contribution in [-0.2, 0) is 33.5 Å². The number of ketones is 1. The zero-order valence-corrected chi connectivity index (χ0v) is 27.1. The van der Waals surface area contributed by atoms with Crippen molar-refractivity contribution < 1.29 is 53.9 Å². The number of unbranched alkanes of at least 4 members (excludes halogenated alkanes) is 1. The van der Waals surface area contributed by atoms with E-state index in [1.165, 1.54) is 23.5 Å². The molecule has 0 aliphatic carbocycles. The first-order chi connectivity index (χ1) is 20.9. The number of nitrogens with one attached hydrogen (secondary N) is 1. The smallest absolute Gasteiger partial charge is 0.372 e. The summed E-state index contributed by atoms with van der Waals surface area (Å²) in [5.41, 5.74) is 20.4. The van der Waals surface area contributed by atoms with Crippen LogP contribution in [-0.4, -0.2) is 117 Å². The van der Waals surface area contributed by atoms with E-state index in [4.69, 9.17) is 48.8 Å². The van der Waals surface area contributed by atoms with E-state index >= 15 is 0 Å². The monoisotopic (exact) mass is 685 g/mol. The predicted octanol–water partition coefficient (Wildman–Crippen LogP) is 0.117. The highest BCUT2D eigenvalue weighted by Crippen LogP contribution is 2.39. The average molecular weight is 686 g/mol. The largest absolute Gasteiger partial charge is 0.481 e. The number of nitrogens with zero attached hydrogens (tertiary/aromatic N) is 2. The number of esters is 1. The molecule has 0 radical (unpaired) electrons. The van der Waals surface area contributed by atoms with E-state index in [0.29, 0.717) is 32.4 Å². The SMILES string of the molecule is CCOC(=O)CN(C)C(=N)N.NC(N)=NCCC[C@H](N)C(=O)O.O=C(O)CCC(=O)C(=O)O.O=C(O)CCCCC1CCSS1. The van der Waals surface area contributed by atoms with Crippen molar-refractivity contribution in [2.45, 2.75) is 76.0 Å². The van der Waals surface area contributed by atoms with Crippen LogP contribution in [0.4, 0.5) is 0 Å². The van der Waals surface area contributed by atoms with Crippen LogP contribution in [0, 0.1) is 5.41 Å². The van der Waals surface area contributed by atoms with Crippen molar-refractivity contribution in [3.63, 3.8) is 0 Å². The van der Waals surface area contributed by atoms with Crippen LogP contribution in [0.1, 0.15) is 64.7 Å². The summed E-state index contributed by atoms with van der Waals surface area (Å²) >= 11 is 0. The molecular weight excluding hydrogens is 638 g/mol. The Balaban J connectivity index is -0.000000524. The van der Waals surface area contributed by atoms with Crippen LogP contribution in [0.5, 0.6) is 0 Å². The Bertz CT molecular complexity index is 962. The van der Waals surface area contributed by atoms with Gasteiger partial charge in [0.05, 0.1) is 13.0 Å². The second-order valence-electron chi connectivity index (χ2n) is 9.03. The van der Waals surface area contributed by atoms with Gasteiger partial charge in [-0.15, -0.1) is 0 Å².